The first kappa shape index (κ1) is 20.4. The molecule has 1 saturated heterocycles. The van der Waals surface area contributed by atoms with Crippen molar-refractivity contribution in [2.75, 3.05) is 11.9 Å². The highest BCUT2D eigenvalue weighted by Crippen LogP contribution is 2.31. The Morgan fingerprint density at radius 3 is 2.79 bits per heavy atom. The first-order chi connectivity index (χ1) is 13.8. The Bertz CT molecular complexity index is 1040. The third-order valence-corrected chi connectivity index (χ3v) is 5.13. The fourth-order valence-electron chi connectivity index (χ4n) is 2.40. The second-order valence-corrected chi connectivity index (χ2v) is 7.43. The second kappa shape index (κ2) is 8.76. The average molecular weight is 430 g/mol. The van der Waals surface area contributed by atoms with E-state index in [0.29, 0.717) is 10.7 Å². The molecule has 0 saturated carbocycles. The predicted molar refractivity (Wildman–Crippen MR) is 111 cm³/mol. The van der Waals surface area contributed by atoms with Gasteiger partial charge in [0, 0.05) is 5.69 Å². The van der Waals surface area contributed by atoms with E-state index in [2.05, 4.69) is 5.32 Å². The molecule has 8 nitrogen and oxygen atoms in total. The molecule has 0 aliphatic carbocycles. The molecule has 1 fully saturated rings. The van der Waals surface area contributed by atoms with E-state index in [0.717, 1.165) is 28.8 Å². The van der Waals surface area contributed by atoms with Crippen LogP contribution in [0, 0.1) is 0 Å². The van der Waals surface area contributed by atoms with Crippen molar-refractivity contribution in [3.63, 3.8) is 0 Å². The van der Waals surface area contributed by atoms with Crippen LogP contribution >= 0.6 is 24.0 Å². The van der Waals surface area contributed by atoms with Crippen molar-refractivity contribution < 1.29 is 29.0 Å². The van der Waals surface area contributed by atoms with Gasteiger partial charge < -0.3 is 19.9 Å². The van der Waals surface area contributed by atoms with Gasteiger partial charge >= 0.3 is 5.97 Å². The van der Waals surface area contributed by atoms with Gasteiger partial charge in [0.1, 0.15) is 27.9 Å². The van der Waals surface area contributed by atoms with Crippen LogP contribution in [0.25, 0.3) is 6.08 Å². The summed E-state index contributed by atoms with van der Waals surface area (Å²) < 4.78 is 5.39. The molecule has 2 heterocycles. The molecule has 29 heavy (non-hydrogen) atoms. The number of thiocarbonyl (C=S) groups is 1. The summed E-state index contributed by atoms with van der Waals surface area (Å²) in [6.45, 7) is -0.326. The smallest absolute Gasteiger partial charge is 0.339 e. The molecule has 0 bridgehead atoms. The van der Waals surface area contributed by atoms with Crippen molar-refractivity contribution in [1.82, 2.24) is 4.90 Å². The van der Waals surface area contributed by atoms with E-state index in [1.807, 2.05) is 0 Å². The van der Waals surface area contributed by atoms with Crippen LogP contribution in [0.3, 0.4) is 0 Å². The summed E-state index contributed by atoms with van der Waals surface area (Å²) in [6, 6.07) is 7.14. The first-order valence-electron chi connectivity index (χ1n) is 8.17. The number of anilines is 1. The van der Waals surface area contributed by atoms with Crippen molar-refractivity contribution in [2.45, 2.75) is 0 Å². The van der Waals surface area contributed by atoms with Crippen molar-refractivity contribution >= 4 is 57.8 Å². The molecule has 0 atom stereocenters. The fourth-order valence-corrected chi connectivity index (χ4v) is 3.60. The quantitative estimate of drug-likeness (QED) is 0.363. The lowest BCUT2D eigenvalue weighted by Crippen LogP contribution is -2.36. The van der Waals surface area contributed by atoms with Crippen LogP contribution < -0.4 is 5.32 Å². The van der Waals surface area contributed by atoms with Gasteiger partial charge in [-0.2, -0.15) is 0 Å². The van der Waals surface area contributed by atoms with Crippen molar-refractivity contribution in [3.05, 3.63) is 65.0 Å². The summed E-state index contributed by atoms with van der Waals surface area (Å²) in [6.07, 6.45) is 6.45. The van der Waals surface area contributed by atoms with Crippen molar-refractivity contribution in [2.24, 2.45) is 0 Å². The molecule has 3 N–H and O–H groups in total. The minimum Gasteiger partial charge on any atom is -0.507 e. The summed E-state index contributed by atoms with van der Waals surface area (Å²) in [5.41, 5.74) is -0.174. The van der Waals surface area contributed by atoms with E-state index < -0.39 is 23.5 Å². The van der Waals surface area contributed by atoms with E-state index >= 15 is 0 Å². The molecular formula is C19H14N2O6S2. The summed E-state index contributed by atoms with van der Waals surface area (Å²) in [7, 11) is 0. The van der Waals surface area contributed by atoms with E-state index in [1.54, 1.807) is 30.4 Å². The Morgan fingerprint density at radius 2 is 2.10 bits per heavy atom. The van der Waals surface area contributed by atoms with Gasteiger partial charge in [-0.1, -0.05) is 30.1 Å². The van der Waals surface area contributed by atoms with Crippen LogP contribution in [0.15, 0.2) is 58.1 Å². The topological polar surface area (TPSA) is 120 Å². The summed E-state index contributed by atoms with van der Waals surface area (Å²) in [5, 5.41) is 21.0. The molecule has 148 valence electrons. The number of nitrogens with zero attached hydrogens (tertiary/aromatic N) is 1. The van der Waals surface area contributed by atoms with Crippen LogP contribution in [0.5, 0.6) is 5.75 Å². The molecule has 1 aromatic heterocycles. The standard InChI is InChI=1S/C19H14N2O6S2/c22-14-7-6-11(9-13(14)18(25)26)20-16(23)10-21-17(24)15(29-19(21)28)5-1-3-12-4-2-8-27-12/h1-9,22H,10H2,(H,20,23)(H,25,26). The van der Waals surface area contributed by atoms with Gasteiger partial charge in [-0.25, -0.2) is 4.79 Å². The van der Waals surface area contributed by atoms with Gasteiger partial charge in [-0.05, 0) is 42.5 Å². The van der Waals surface area contributed by atoms with Gasteiger partial charge in [0.2, 0.25) is 5.91 Å². The third-order valence-electron chi connectivity index (χ3n) is 3.74. The minimum atomic E-state index is -1.33. The lowest BCUT2D eigenvalue weighted by molar-refractivity contribution is -0.126. The Labute approximate surface area is 174 Å². The van der Waals surface area contributed by atoms with Crippen LogP contribution in [-0.4, -0.2) is 43.8 Å². The maximum Gasteiger partial charge on any atom is 0.339 e. The average Bonchev–Trinajstić information content (AvgIpc) is 3.27. The monoisotopic (exact) mass is 430 g/mol. The molecule has 1 aromatic carbocycles. The molecule has 0 unspecified atom stereocenters. The number of nitrogens with one attached hydrogen (secondary N) is 1. The number of aromatic hydroxyl groups is 1. The predicted octanol–water partition coefficient (Wildman–Crippen LogP) is 3.08. The van der Waals surface area contributed by atoms with Crippen LogP contribution in [-0.2, 0) is 9.59 Å². The number of rotatable bonds is 6. The number of carboxylic acids is 1. The number of phenols is 1. The molecule has 0 spiro atoms. The molecule has 2 aromatic rings. The highest BCUT2D eigenvalue weighted by molar-refractivity contribution is 8.26. The zero-order chi connectivity index (χ0) is 21.0. The number of carbonyl (C=O) groups excluding carboxylic acids is 2. The highest BCUT2D eigenvalue weighted by Gasteiger charge is 2.33. The van der Waals surface area contributed by atoms with E-state index in [1.165, 1.54) is 12.3 Å². The van der Waals surface area contributed by atoms with Gasteiger partial charge in [-0.15, -0.1) is 0 Å². The molecule has 0 radical (unpaired) electrons. The lowest BCUT2D eigenvalue weighted by Gasteiger charge is -2.14. The number of benzene rings is 1. The Morgan fingerprint density at radius 1 is 1.31 bits per heavy atom. The number of carboxylic acid groups (broad SMARTS) is 1. The zero-order valence-electron chi connectivity index (χ0n) is 14.7. The minimum absolute atomic E-state index is 0.174. The molecule has 2 amide bonds. The van der Waals surface area contributed by atoms with Gasteiger partial charge in [-0.3, -0.25) is 14.5 Å². The Kier molecular flexibility index (Phi) is 6.15. The van der Waals surface area contributed by atoms with Crippen LogP contribution in [0.2, 0.25) is 0 Å². The number of thioether (sulfide) groups is 1. The lowest BCUT2D eigenvalue weighted by atomic mass is 10.2. The Balaban J connectivity index is 1.64. The maximum atomic E-state index is 12.5. The third kappa shape index (κ3) is 4.92. The van der Waals surface area contributed by atoms with E-state index in [9.17, 15) is 19.5 Å². The molecule has 1 aliphatic heterocycles. The number of allylic oxidation sites excluding steroid dienone is 2. The number of hydrogen-bond donors (Lipinski definition) is 3. The van der Waals surface area contributed by atoms with Gasteiger partial charge in [0.15, 0.2) is 0 Å². The molecule has 10 heteroatoms. The second-order valence-electron chi connectivity index (χ2n) is 5.75. The molecule has 3 rings (SSSR count). The van der Waals surface area contributed by atoms with E-state index in [-0.39, 0.29) is 22.1 Å². The number of aromatic carboxylic acids is 1. The largest absolute Gasteiger partial charge is 0.507 e. The molecular weight excluding hydrogens is 416 g/mol. The van der Waals surface area contributed by atoms with E-state index in [4.69, 9.17) is 21.7 Å². The van der Waals surface area contributed by atoms with Crippen molar-refractivity contribution in [3.8, 4) is 5.75 Å². The van der Waals surface area contributed by atoms with Gasteiger partial charge in [0.05, 0.1) is 11.2 Å². The fraction of sp³-hybridized carbons (Fsp3) is 0.0526. The SMILES string of the molecule is O=C(CN1C(=O)C(=CC=Cc2ccco2)SC1=S)Nc1ccc(O)c(C(=O)O)c1. The maximum absolute atomic E-state index is 12.5. The van der Waals surface area contributed by atoms with Gasteiger partial charge in [0.25, 0.3) is 5.91 Å². The summed E-state index contributed by atoms with van der Waals surface area (Å²) in [5.74, 6) is -2.08. The van der Waals surface area contributed by atoms with Crippen LogP contribution in [0.4, 0.5) is 5.69 Å². The summed E-state index contributed by atoms with van der Waals surface area (Å²) >= 11 is 6.25. The number of hydrogen-bond acceptors (Lipinski definition) is 7. The number of furan rings is 1. The van der Waals surface area contributed by atoms with Crippen LogP contribution in [0.1, 0.15) is 16.1 Å². The first-order valence-corrected chi connectivity index (χ1v) is 9.39. The zero-order valence-corrected chi connectivity index (χ0v) is 16.3. The normalized spacial score (nSPS) is 15.4. The number of carbonyl (C=O) groups is 3. The summed E-state index contributed by atoms with van der Waals surface area (Å²) in [4.78, 5) is 37.3. The Hall–Kier alpha value is -3.37. The van der Waals surface area contributed by atoms with Crippen molar-refractivity contribution in [1.29, 1.82) is 0 Å². The highest BCUT2D eigenvalue weighted by atomic mass is 32.2. The number of amides is 2. The molecule has 1 aliphatic rings.